The smallest absolute Gasteiger partial charge is 0.227 e. The Morgan fingerprint density at radius 3 is 2.73 bits per heavy atom. The molecule has 22 heavy (non-hydrogen) atoms. The lowest BCUT2D eigenvalue weighted by Gasteiger charge is -2.21. The van der Waals surface area contributed by atoms with Crippen LogP contribution in [-0.4, -0.2) is 40.3 Å². The largest absolute Gasteiger partial charge is 0.468 e. The minimum Gasteiger partial charge on any atom is -0.468 e. The molecule has 114 valence electrons. The average molecular weight is 297 g/mol. The van der Waals surface area contributed by atoms with Crippen molar-refractivity contribution in [3.05, 3.63) is 54.2 Å². The zero-order valence-corrected chi connectivity index (χ0v) is 12.4. The fraction of sp³-hybridized carbons (Fsp3) is 0.412. The summed E-state index contributed by atoms with van der Waals surface area (Å²) in [6.07, 6.45) is 5.26. The molecule has 2 atom stereocenters. The number of amides is 1. The number of fused-ring (bicyclic) bond motifs is 1. The Bertz CT molecular complexity index is 641. The number of nitrogens with zero attached hydrogens (tertiary/aromatic N) is 3. The third-order valence-electron chi connectivity index (χ3n) is 4.68. The van der Waals surface area contributed by atoms with Crippen LogP contribution in [-0.2, 0) is 17.9 Å². The Morgan fingerprint density at radius 2 is 2.00 bits per heavy atom. The summed E-state index contributed by atoms with van der Waals surface area (Å²) in [5.74, 6) is 1.87. The van der Waals surface area contributed by atoms with Crippen LogP contribution in [0.1, 0.15) is 11.3 Å². The summed E-state index contributed by atoms with van der Waals surface area (Å²) in [5, 5.41) is 0. The number of furan rings is 1. The topological polar surface area (TPSA) is 49.6 Å². The van der Waals surface area contributed by atoms with E-state index >= 15 is 0 Å². The van der Waals surface area contributed by atoms with E-state index < -0.39 is 0 Å². The molecule has 2 saturated heterocycles. The molecule has 5 nitrogen and oxygen atoms in total. The maximum Gasteiger partial charge on any atom is 0.227 e. The summed E-state index contributed by atoms with van der Waals surface area (Å²) < 4.78 is 5.40. The summed E-state index contributed by atoms with van der Waals surface area (Å²) in [5.41, 5.74) is 1.15. The fourth-order valence-corrected chi connectivity index (χ4v) is 3.64. The summed E-state index contributed by atoms with van der Waals surface area (Å²) in [4.78, 5) is 20.9. The van der Waals surface area contributed by atoms with Gasteiger partial charge in [0, 0.05) is 44.5 Å². The first-order chi connectivity index (χ1) is 10.8. The lowest BCUT2D eigenvalue weighted by Crippen LogP contribution is -2.32. The number of likely N-dealkylation sites (tertiary alicyclic amines) is 2. The highest BCUT2D eigenvalue weighted by Crippen LogP contribution is 2.33. The van der Waals surface area contributed by atoms with E-state index in [1.807, 2.05) is 29.2 Å². The normalized spacial score (nSPS) is 24.9. The van der Waals surface area contributed by atoms with E-state index in [1.165, 1.54) is 0 Å². The van der Waals surface area contributed by atoms with Crippen molar-refractivity contribution in [2.45, 2.75) is 13.1 Å². The van der Waals surface area contributed by atoms with Crippen LogP contribution in [0.25, 0.3) is 0 Å². The molecule has 2 aliphatic rings. The van der Waals surface area contributed by atoms with Gasteiger partial charge in [-0.25, -0.2) is 0 Å². The van der Waals surface area contributed by atoms with Crippen molar-refractivity contribution in [1.82, 2.24) is 14.8 Å². The maximum absolute atomic E-state index is 12.6. The molecule has 2 aromatic rings. The molecule has 0 unspecified atom stereocenters. The SMILES string of the molecule is O=C1[C@@H]2CN(Cc3ccco3)C[C@@H]2CN1Cc1ccncc1. The Balaban J connectivity index is 1.38. The van der Waals surface area contributed by atoms with Gasteiger partial charge in [0.05, 0.1) is 18.7 Å². The molecule has 1 amide bonds. The van der Waals surface area contributed by atoms with E-state index in [2.05, 4.69) is 9.88 Å². The molecular formula is C17H19N3O2. The number of hydrogen-bond donors (Lipinski definition) is 0. The highest BCUT2D eigenvalue weighted by atomic mass is 16.3. The van der Waals surface area contributed by atoms with Crippen molar-refractivity contribution in [2.75, 3.05) is 19.6 Å². The quantitative estimate of drug-likeness (QED) is 0.863. The minimum absolute atomic E-state index is 0.150. The zero-order chi connectivity index (χ0) is 14.9. The van der Waals surface area contributed by atoms with Gasteiger partial charge in [-0.05, 0) is 29.8 Å². The van der Waals surface area contributed by atoms with Crippen molar-refractivity contribution >= 4 is 5.91 Å². The summed E-state index contributed by atoms with van der Waals surface area (Å²) >= 11 is 0. The second-order valence-corrected chi connectivity index (χ2v) is 6.21. The number of rotatable bonds is 4. The van der Waals surface area contributed by atoms with E-state index in [4.69, 9.17) is 4.42 Å². The Hall–Kier alpha value is -2.14. The molecule has 4 rings (SSSR count). The molecule has 0 saturated carbocycles. The van der Waals surface area contributed by atoms with E-state index in [0.29, 0.717) is 18.4 Å². The molecule has 0 bridgehead atoms. The average Bonchev–Trinajstić information content (AvgIpc) is 3.22. The molecule has 0 N–H and O–H groups in total. The number of carbonyl (C=O) groups is 1. The maximum atomic E-state index is 12.6. The predicted octanol–water partition coefficient (Wildman–Crippen LogP) is 1.77. The van der Waals surface area contributed by atoms with Gasteiger partial charge in [-0.15, -0.1) is 0 Å². The number of carbonyl (C=O) groups excluding carboxylic acids is 1. The first kappa shape index (κ1) is 13.5. The second kappa shape index (κ2) is 5.57. The minimum atomic E-state index is 0.150. The second-order valence-electron chi connectivity index (χ2n) is 6.21. The first-order valence-electron chi connectivity index (χ1n) is 7.72. The van der Waals surface area contributed by atoms with Crippen LogP contribution in [0, 0.1) is 11.8 Å². The van der Waals surface area contributed by atoms with Crippen LogP contribution in [0.4, 0.5) is 0 Å². The summed E-state index contributed by atoms with van der Waals surface area (Å²) in [7, 11) is 0. The molecule has 2 fully saturated rings. The van der Waals surface area contributed by atoms with E-state index in [9.17, 15) is 4.79 Å². The van der Waals surface area contributed by atoms with Crippen LogP contribution < -0.4 is 0 Å². The molecule has 2 aliphatic heterocycles. The molecule has 5 heteroatoms. The monoisotopic (exact) mass is 297 g/mol. The van der Waals surface area contributed by atoms with Gasteiger partial charge in [0.2, 0.25) is 5.91 Å². The Morgan fingerprint density at radius 1 is 1.14 bits per heavy atom. The van der Waals surface area contributed by atoms with Gasteiger partial charge in [0.15, 0.2) is 0 Å². The number of hydrogen-bond acceptors (Lipinski definition) is 4. The predicted molar refractivity (Wildman–Crippen MR) is 80.6 cm³/mol. The van der Waals surface area contributed by atoms with Crippen molar-refractivity contribution < 1.29 is 9.21 Å². The zero-order valence-electron chi connectivity index (χ0n) is 12.4. The van der Waals surface area contributed by atoms with Crippen molar-refractivity contribution in [3.63, 3.8) is 0 Å². The highest BCUT2D eigenvalue weighted by Gasteiger charge is 2.45. The molecule has 0 aliphatic carbocycles. The summed E-state index contributed by atoms with van der Waals surface area (Å²) in [6.45, 7) is 4.19. The number of pyridine rings is 1. The first-order valence-corrected chi connectivity index (χ1v) is 7.72. The Labute approximate surface area is 129 Å². The summed E-state index contributed by atoms with van der Waals surface area (Å²) in [6, 6.07) is 7.86. The molecule has 0 aromatic carbocycles. The van der Waals surface area contributed by atoms with Gasteiger partial charge in [-0.2, -0.15) is 0 Å². The highest BCUT2D eigenvalue weighted by molar-refractivity contribution is 5.82. The van der Waals surface area contributed by atoms with Gasteiger partial charge >= 0.3 is 0 Å². The fourth-order valence-electron chi connectivity index (χ4n) is 3.64. The van der Waals surface area contributed by atoms with Crippen LogP contribution in [0.15, 0.2) is 47.3 Å². The lowest BCUT2D eigenvalue weighted by atomic mass is 10.0. The molecule has 2 aromatic heterocycles. The molecule has 0 radical (unpaired) electrons. The van der Waals surface area contributed by atoms with Gasteiger partial charge < -0.3 is 9.32 Å². The van der Waals surface area contributed by atoms with Gasteiger partial charge in [0.25, 0.3) is 0 Å². The van der Waals surface area contributed by atoms with Crippen LogP contribution in [0.5, 0.6) is 0 Å². The van der Waals surface area contributed by atoms with Crippen LogP contribution >= 0.6 is 0 Å². The van der Waals surface area contributed by atoms with E-state index in [-0.39, 0.29) is 5.92 Å². The van der Waals surface area contributed by atoms with E-state index in [1.54, 1.807) is 18.7 Å². The lowest BCUT2D eigenvalue weighted by molar-refractivity contribution is -0.131. The van der Waals surface area contributed by atoms with Gasteiger partial charge in [-0.1, -0.05) is 0 Å². The standard InChI is InChI=1S/C17H19N3O2/c21-17-16-12-19(11-15-2-1-7-22-15)9-14(16)10-20(17)8-13-3-5-18-6-4-13/h1-7,14,16H,8-12H2/t14-,16-/m1/s1. The van der Waals surface area contributed by atoms with Crippen molar-refractivity contribution in [3.8, 4) is 0 Å². The number of aromatic nitrogens is 1. The third kappa shape index (κ3) is 2.52. The van der Waals surface area contributed by atoms with Crippen molar-refractivity contribution in [2.24, 2.45) is 11.8 Å². The van der Waals surface area contributed by atoms with Gasteiger partial charge in [-0.3, -0.25) is 14.7 Å². The molecular weight excluding hydrogens is 278 g/mol. The van der Waals surface area contributed by atoms with Gasteiger partial charge in [0.1, 0.15) is 5.76 Å². The van der Waals surface area contributed by atoms with Crippen molar-refractivity contribution in [1.29, 1.82) is 0 Å². The molecule has 4 heterocycles. The van der Waals surface area contributed by atoms with Crippen LogP contribution in [0.2, 0.25) is 0 Å². The third-order valence-corrected chi connectivity index (χ3v) is 4.68. The Kier molecular flexibility index (Phi) is 3.42. The van der Waals surface area contributed by atoms with E-state index in [0.717, 1.165) is 37.5 Å². The molecule has 0 spiro atoms. The van der Waals surface area contributed by atoms with Crippen LogP contribution in [0.3, 0.4) is 0 Å².